The SMILES string of the molecule is CC(NC(=O)C1CC1C(=O)N1CCN(c2ncccn2)CC1)c1ccccc1. The van der Waals surface area contributed by atoms with Crippen molar-refractivity contribution in [1.82, 2.24) is 20.2 Å². The van der Waals surface area contributed by atoms with E-state index in [2.05, 4.69) is 20.2 Å². The molecule has 2 amide bonds. The van der Waals surface area contributed by atoms with Gasteiger partial charge in [-0.25, -0.2) is 9.97 Å². The highest BCUT2D eigenvalue weighted by atomic mass is 16.2. The van der Waals surface area contributed by atoms with Crippen LogP contribution in [0, 0.1) is 11.8 Å². The number of hydrogen-bond donors (Lipinski definition) is 1. The van der Waals surface area contributed by atoms with E-state index in [1.165, 1.54) is 0 Å². The molecular formula is C21H25N5O2. The monoisotopic (exact) mass is 379 g/mol. The second-order valence-corrected chi connectivity index (χ2v) is 7.45. The fourth-order valence-electron chi connectivity index (χ4n) is 3.72. The van der Waals surface area contributed by atoms with Crippen LogP contribution in [0.5, 0.6) is 0 Å². The van der Waals surface area contributed by atoms with Crippen molar-refractivity contribution >= 4 is 17.8 Å². The first-order valence-corrected chi connectivity index (χ1v) is 9.79. The predicted molar refractivity (Wildman–Crippen MR) is 105 cm³/mol. The van der Waals surface area contributed by atoms with Crippen LogP contribution in [0.25, 0.3) is 0 Å². The highest BCUT2D eigenvalue weighted by Gasteiger charge is 2.50. The van der Waals surface area contributed by atoms with E-state index in [1.807, 2.05) is 42.2 Å². The molecule has 3 unspecified atom stereocenters. The smallest absolute Gasteiger partial charge is 0.226 e. The third kappa shape index (κ3) is 3.98. The molecule has 7 nitrogen and oxygen atoms in total. The van der Waals surface area contributed by atoms with Crippen LogP contribution in [-0.4, -0.2) is 52.9 Å². The highest BCUT2D eigenvalue weighted by molar-refractivity contribution is 5.92. The van der Waals surface area contributed by atoms with E-state index in [1.54, 1.807) is 18.5 Å². The Hall–Kier alpha value is -2.96. The summed E-state index contributed by atoms with van der Waals surface area (Å²) in [6.07, 6.45) is 4.10. The predicted octanol–water partition coefficient (Wildman–Crippen LogP) is 1.64. The van der Waals surface area contributed by atoms with Crippen LogP contribution < -0.4 is 10.2 Å². The minimum atomic E-state index is -0.200. The second-order valence-electron chi connectivity index (χ2n) is 7.45. The number of nitrogens with zero attached hydrogens (tertiary/aromatic N) is 4. The summed E-state index contributed by atoms with van der Waals surface area (Å²) in [5.41, 5.74) is 1.07. The average molecular weight is 379 g/mol. The second kappa shape index (κ2) is 7.96. The quantitative estimate of drug-likeness (QED) is 0.854. The Labute approximate surface area is 164 Å². The summed E-state index contributed by atoms with van der Waals surface area (Å²) in [4.78, 5) is 37.8. The Morgan fingerprint density at radius 3 is 2.36 bits per heavy atom. The van der Waals surface area contributed by atoms with Crippen molar-refractivity contribution in [3.8, 4) is 0 Å². The number of benzene rings is 1. The average Bonchev–Trinajstić information content (AvgIpc) is 3.56. The third-order valence-corrected chi connectivity index (χ3v) is 5.53. The molecule has 1 saturated carbocycles. The zero-order valence-corrected chi connectivity index (χ0v) is 16.0. The van der Waals surface area contributed by atoms with Gasteiger partial charge in [-0.05, 0) is 25.0 Å². The summed E-state index contributed by atoms with van der Waals surface area (Å²) in [5, 5.41) is 3.04. The van der Waals surface area contributed by atoms with Crippen LogP contribution in [0.1, 0.15) is 24.9 Å². The maximum atomic E-state index is 12.8. The van der Waals surface area contributed by atoms with E-state index < -0.39 is 0 Å². The number of aromatic nitrogens is 2. The van der Waals surface area contributed by atoms with E-state index in [0.29, 0.717) is 38.5 Å². The molecule has 1 N–H and O–H groups in total. The lowest BCUT2D eigenvalue weighted by Crippen LogP contribution is -2.50. The molecule has 1 aliphatic carbocycles. The number of piperazine rings is 1. The number of hydrogen-bond acceptors (Lipinski definition) is 5. The van der Waals surface area contributed by atoms with Crippen LogP contribution in [-0.2, 0) is 9.59 Å². The van der Waals surface area contributed by atoms with Gasteiger partial charge in [0.25, 0.3) is 0 Å². The molecule has 146 valence electrons. The van der Waals surface area contributed by atoms with Gasteiger partial charge in [-0.15, -0.1) is 0 Å². The van der Waals surface area contributed by atoms with Crippen LogP contribution in [0.15, 0.2) is 48.8 Å². The molecule has 0 spiro atoms. The number of amides is 2. The molecule has 2 fully saturated rings. The number of rotatable bonds is 5. The lowest BCUT2D eigenvalue weighted by atomic mass is 10.1. The fraction of sp³-hybridized carbons (Fsp3) is 0.429. The number of carbonyl (C=O) groups is 2. The van der Waals surface area contributed by atoms with E-state index in [0.717, 1.165) is 5.56 Å². The maximum Gasteiger partial charge on any atom is 0.226 e. The molecule has 1 aromatic carbocycles. The van der Waals surface area contributed by atoms with Crippen LogP contribution >= 0.6 is 0 Å². The summed E-state index contributed by atoms with van der Waals surface area (Å²) >= 11 is 0. The van der Waals surface area contributed by atoms with Crippen LogP contribution in [0.2, 0.25) is 0 Å². The molecule has 28 heavy (non-hydrogen) atoms. The molecule has 7 heteroatoms. The first-order chi connectivity index (χ1) is 13.6. The summed E-state index contributed by atoms with van der Waals surface area (Å²) in [6.45, 7) is 4.68. The molecule has 0 radical (unpaired) electrons. The van der Waals surface area contributed by atoms with Crippen molar-refractivity contribution in [2.75, 3.05) is 31.1 Å². The van der Waals surface area contributed by atoms with Gasteiger partial charge in [-0.1, -0.05) is 30.3 Å². The summed E-state index contributed by atoms with van der Waals surface area (Å²) in [7, 11) is 0. The normalized spacial score (nSPS) is 22.5. The van der Waals surface area contributed by atoms with E-state index in [9.17, 15) is 9.59 Å². The van der Waals surface area contributed by atoms with Gasteiger partial charge in [0, 0.05) is 38.6 Å². The number of anilines is 1. The van der Waals surface area contributed by atoms with Gasteiger partial charge in [0.1, 0.15) is 0 Å². The van der Waals surface area contributed by atoms with Gasteiger partial charge in [0.05, 0.1) is 17.9 Å². The number of nitrogens with one attached hydrogen (secondary N) is 1. The fourth-order valence-corrected chi connectivity index (χ4v) is 3.72. The highest BCUT2D eigenvalue weighted by Crippen LogP contribution is 2.40. The molecule has 1 aromatic heterocycles. The van der Waals surface area contributed by atoms with E-state index >= 15 is 0 Å². The Bertz CT molecular complexity index is 821. The summed E-state index contributed by atoms with van der Waals surface area (Å²) in [6, 6.07) is 11.6. The molecule has 0 bridgehead atoms. The van der Waals surface area contributed by atoms with Gasteiger partial charge < -0.3 is 15.1 Å². The largest absolute Gasteiger partial charge is 0.349 e. The molecule has 1 aliphatic heterocycles. The lowest BCUT2D eigenvalue weighted by molar-refractivity contribution is -0.135. The third-order valence-electron chi connectivity index (χ3n) is 5.53. The standard InChI is InChI=1S/C21H25N5O2/c1-15(16-6-3-2-4-7-16)24-19(27)17-14-18(17)20(28)25-10-12-26(13-11-25)21-22-8-5-9-23-21/h2-9,15,17-18H,10-14H2,1H3,(H,24,27). The molecule has 2 heterocycles. The zero-order chi connectivity index (χ0) is 19.5. The molecule has 3 atom stereocenters. The van der Waals surface area contributed by atoms with Crippen molar-refractivity contribution in [2.24, 2.45) is 11.8 Å². The van der Waals surface area contributed by atoms with Crippen LogP contribution in [0.3, 0.4) is 0 Å². The Morgan fingerprint density at radius 2 is 1.68 bits per heavy atom. The van der Waals surface area contributed by atoms with Gasteiger partial charge in [-0.3, -0.25) is 9.59 Å². The Balaban J connectivity index is 1.26. The summed E-state index contributed by atoms with van der Waals surface area (Å²) in [5.74, 6) is 0.400. The van der Waals surface area contributed by atoms with Crippen molar-refractivity contribution in [2.45, 2.75) is 19.4 Å². The molecule has 2 aromatic rings. The van der Waals surface area contributed by atoms with Crippen molar-refractivity contribution in [1.29, 1.82) is 0 Å². The van der Waals surface area contributed by atoms with E-state index in [-0.39, 0.29) is 29.7 Å². The first-order valence-electron chi connectivity index (χ1n) is 9.79. The van der Waals surface area contributed by atoms with Crippen LogP contribution in [0.4, 0.5) is 5.95 Å². The molecule has 4 rings (SSSR count). The van der Waals surface area contributed by atoms with Crippen molar-refractivity contribution < 1.29 is 9.59 Å². The van der Waals surface area contributed by atoms with Gasteiger partial charge >= 0.3 is 0 Å². The topological polar surface area (TPSA) is 78.4 Å². The van der Waals surface area contributed by atoms with Crippen molar-refractivity contribution in [3.63, 3.8) is 0 Å². The summed E-state index contributed by atoms with van der Waals surface area (Å²) < 4.78 is 0. The zero-order valence-electron chi connectivity index (χ0n) is 16.0. The van der Waals surface area contributed by atoms with Gasteiger partial charge in [0.15, 0.2) is 0 Å². The minimum absolute atomic E-state index is 0.0222. The number of carbonyl (C=O) groups excluding carboxylic acids is 2. The molecular weight excluding hydrogens is 354 g/mol. The van der Waals surface area contributed by atoms with Gasteiger partial charge in [-0.2, -0.15) is 0 Å². The Morgan fingerprint density at radius 1 is 1.00 bits per heavy atom. The minimum Gasteiger partial charge on any atom is -0.349 e. The van der Waals surface area contributed by atoms with E-state index in [4.69, 9.17) is 0 Å². The first kappa shape index (κ1) is 18.4. The van der Waals surface area contributed by atoms with Gasteiger partial charge in [0.2, 0.25) is 17.8 Å². The molecule has 1 saturated heterocycles. The maximum absolute atomic E-state index is 12.8. The molecule has 2 aliphatic rings. The Kier molecular flexibility index (Phi) is 5.23. The van der Waals surface area contributed by atoms with Crippen molar-refractivity contribution in [3.05, 3.63) is 54.4 Å². The lowest BCUT2D eigenvalue weighted by Gasteiger charge is -2.34.